The summed E-state index contributed by atoms with van der Waals surface area (Å²) >= 11 is 0. The molecule has 0 fully saturated rings. The number of hydrogen-bond donors (Lipinski definition) is 0. The second kappa shape index (κ2) is 7.15. The average molecular weight is 359 g/mol. The monoisotopic (exact) mass is 359 g/mol. The summed E-state index contributed by atoms with van der Waals surface area (Å²) in [5.74, 6) is 1.35. The third kappa shape index (κ3) is 3.14. The van der Waals surface area contributed by atoms with Crippen molar-refractivity contribution in [3.8, 4) is 0 Å². The number of carbonyl (C=O) groups excluding carboxylic acids is 1. The predicted molar refractivity (Wildman–Crippen MR) is 106 cm³/mol. The van der Waals surface area contributed by atoms with Gasteiger partial charge in [0.2, 0.25) is 0 Å². The Morgan fingerprint density at radius 1 is 0.963 bits per heavy atom. The summed E-state index contributed by atoms with van der Waals surface area (Å²) in [7, 11) is 1.79. The molecule has 0 aliphatic carbocycles. The van der Waals surface area contributed by atoms with Crippen molar-refractivity contribution in [1.29, 1.82) is 0 Å². The Labute approximate surface area is 158 Å². The van der Waals surface area contributed by atoms with E-state index < -0.39 is 0 Å². The normalized spacial score (nSPS) is 13.2. The summed E-state index contributed by atoms with van der Waals surface area (Å²) in [5, 5.41) is 0. The van der Waals surface area contributed by atoms with Gasteiger partial charge in [-0.05, 0) is 55.2 Å². The van der Waals surface area contributed by atoms with Crippen LogP contribution >= 0.6 is 0 Å². The van der Waals surface area contributed by atoms with Crippen LogP contribution < -0.4 is 9.80 Å². The Bertz CT molecular complexity index is 973. The van der Waals surface area contributed by atoms with Crippen molar-refractivity contribution in [2.75, 3.05) is 23.4 Å². The maximum atomic E-state index is 13.1. The molecular weight excluding hydrogens is 338 g/mol. The molecule has 6 nitrogen and oxygen atoms in total. The van der Waals surface area contributed by atoms with Crippen molar-refractivity contribution in [3.05, 3.63) is 71.8 Å². The summed E-state index contributed by atoms with van der Waals surface area (Å²) in [6.07, 6.45) is 8.91. The Morgan fingerprint density at radius 3 is 2.56 bits per heavy atom. The van der Waals surface area contributed by atoms with Gasteiger partial charge in [0.1, 0.15) is 5.82 Å². The Morgan fingerprint density at radius 2 is 1.78 bits per heavy atom. The maximum absolute atomic E-state index is 13.1. The van der Waals surface area contributed by atoms with Crippen LogP contribution in [0.2, 0.25) is 0 Å². The fourth-order valence-electron chi connectivity index (χ4n) is 3.39. The van der Waals surface area contributed by atoms with E-state index in [2.05, 4.69) is 21.0 Å². The quantitative estimate of drug-likeness (QED) is 0.714. The molecule has 0 radical (unpaired) electrons. The SMILES string of the molecule is CCN1c2ncc(CCc3cccnc3)cc2C(=O)N(C)c2cccnc21. The summed E-state index contributed by atoms with van der Waals surface area (Å²) in [5.41, 5.74) is 3.61. The molecule has 0 spiro atoms. The van der Waals surface area contributed by atoms with Gasteiger partial charge in [-0.2, -0.15) is 0 Å². The van der Waals surface area contributed by atoms with E-state index in [1.807, 2.05) is 48.5 Å². The molecular formula is C21H21N5O. The first-order chi connectivity index (χ1) is 13.2. The van der Waals surface area contributed by atoms with E-state index in [1.54, 1.807) is 24.3 Å². The van der Waals surface area contributed by atoms with Crippen LogP contribution in [0.3, 0.4) is 0 Å². The second-order valence-electron chi connectivity index (χ2n) is 6.53. The van der Waals surface area contributed by atoms with Crippen molar-refractivity contribution in [2.45, 2.75) is 19.8 Å². The summed E-state index contributed by atoms with van der Waals surface area (Å²) < 4.78 is 0. The third-order valence-corrected chi connectivity index (χ3v) is 4.84. The minimum absolute atomic E-state index is 0.0640. The lowest BCUT2D eigenvalue weighted by Crippen LogP contribution is -2.25. The van der Waals surface area contributed by atoms with Crippen molar-refractivity contribution < 1.29 is 4.79 Å². The largest absolute Gasteiger partial charge is 0.309 e. The third-order valence-electron chi connectivity index (χ3n) is 4.84. The predicted octanol–water partition coefficient (Wildman–Crippen LogP) is 3.40. The van der Waals surface area contributed by atoms with E-state index in [9.17, 15) is 4.79 Å². The summed E-state index contributed by atoms with van der Waals surface area (Å²) in [6.45, 7) is 2.72. The van der Waals surface area contributed by atoms with Crippen LogP contribution in [0.1, 0.15) is 28.4 Å². The van der Waals surface area contributed by atoms with Gasteiger partial charge in [-0.3, -0.25) is 9.78 Å². The molecule has 0 N–H and O–H groups in total. The summed E-state index contributed by atoms with van der Waals surface area (Å²) in [6, 6.07) is 9.72. The lowest BCUT2D eigenvalue weighted by molar-refractivity contribution is 0.0994. The van der Waals surface area contributed by atoms with Gasteiger partial charge in [0, 0.05) is 38.4 Å². The molecule has 1 aliphatic heterocycles. The smallest absolute Gasteiger partial charge is 0.261 e. The Kier molecular flexibility index (Phi) is 4.54. The first-order valence-electron chi connectivity index (χ1n) is 9.07. The number of amides is 1. The molecule has 0 saturated heterocycles. The van der Waals surface area contributed by atoms with Crippen LogP contribution in [0.5, 0.6) is 0 Å². The number of rotatable bonds is 4. The highest BCUT2D eigenvalue weighted by molar-refractivity contribution is 6.12. The Balaban J connectivity index is 1.71. The fraction of sp³-hybridized carbons (Fsp3) is 0.238. The molecule has 0 aromatic carbocycles. The number of aryl methyl sites for hydroxylation is 2. The number of nitrogens with zero attached hydrogens (tertiary/aromatic N) is 5. The highest BCUT2D eigenvalue weighted by atomic mass is 16.2. The molecule has 0 bridgehead atoms. The van der Waals surface area contributed by atoms with Crippen LogP contribution in [-0.2, 0) is 12.8 Å². The fourth-order valence-corrected chi connectivity index (χ4v) is 3.39. The van der Waals surface area contributed by atoms with Gasteiger partial charge in [-0.1, -0.05) is 6.07 Å². The lowest BCUT2D eigenvalue weighted by atomic mass is 10.0. The lowest BCUT2D eigenvalue weighted by Gasteiger charge is -2.22. The van der Waals surface area contributed by atoms with Gasteiger partial charge in [0.25, 0.3) is 5.91 Å². The number of pyridine rings is 3. The van der Waals surface area contributed by atoms with Gasteiger partial charge in [0.15, 0.2) is 5.82 Å². The van der Waals surface area contributed by atoms with E-state index in [0.29, 0.717) is 17.9 Å². The van der Waals surface area contributed by atoms with Crippen molar-refractivity contribution in [1.82, 2.24) is 15.0 Å². The number of fused-ring (bicyclic) bond motifs is 2. The van der Waals surface area contributed by atoms with Gasteiger partial charge < -0.3 is 9.80 Å². The molecule has 3 aromatic rings. The first-order valence-corrected chi connectivity index (χ1v) is 9.07. The molecule has 136 valence electrons. The van der Waals surface area contributed by atoms with Gasteiger partial charge >= 0.3 is 0 Å². The van der Waals surface area contributed by atoms with Crippen LogP contribution in [0.25, 0.3) is 0 Å². The average Bonchev–Trinajstić information content (AvgIpc) is 2.81. The number of hydrogen-bond acceptors (Lipinski definition) is 5. The van der Waals surface area contributed by atoms with Crippen LogP contribution in [0.15, 0.2) is 55.1 Å². The number of carbonyl (C=O) groups is 1. The topological polar surface area (TPSA) is 62.2 Å². The standard InChI is InChI=1S/C21H21N5O/c1-3-26-19-17(21(27)25(2)18-7-5-11-23-20(18)26)12-16(14-24-19)9-8-15-6-4-10-22-13-15/h4-7,10-14H,3,8-9H2,1-2H3. The molecule has 4 rings (SSSR count). The van der Waals surface area contributed by atoms with E-state index in [1.165, 1.54) is 5.56 Å². The molecule has 0 unspecified atom stereocenters. The number of aromatic nitrogens is 3. The molecule has 0 atom stereocenters. The molecule has 3 aromatic heterocycles. The van der Waals surface area contributed by atoms with Crippen molar-refractivity contribution >= 4 is 23.2 Å². The zero-order valence-electron chi connectivity index (χ0n) is 15.5. The van der Waals surface area contributed by atoms with Crippen LogP contribution in [0, 0.1) is 0 Å². The molecule has 1 amide bonds. The second-order valence-corrected chi connectivity index (χ2v) is 6.53. The number of anilines is 3. The zero-order chi connectivity index (χ0) is 18.8. The van der Waals surface area contributed by atoms with Gasteiger partial charge in [-0.15, -0.1) is 0 Å². The Hall–Kier alpha value is -3.28. The van der Waals surface area contributed by atoms with Crippen LogP contribution in [-0.4, -0.2) is 34.5 Å². The molecule has 1 aliphatic rings. The minimum Gasteiger partial charge on any atom is -0.309 e. The van der Waals surface area contributed by atoms with Gasteiger partial charge in [0.05, 0.1) is 11.3 Å². The van der Waals surface area contributed by atoms with E-state index in [4.69, 9.17) is 0 Å². The molecule has 6 heteroatoms. The zero-order valence-corrected chi connectivity index (χ0v) is 15.5. The highest BCUT2D eigenvalue weighted by Crippen LogP contribution is 2.37. The van der Waals surface area contributed by atoms with E-state index >= 15 is 0 Å². The summed E-state index contributed by atoms with van der Waals surface area (Å²) in [4.78, 5) is 30.1. The van der Waals surface area contributed by atoms with E-state index in [-0.39, 0.29) is 5.91 Å². The van der Waals surface area contributed by atoms with Gasteiger partial charge in [-0.25, -0.2) is 9.97 Å². The van der Waals surface area contributed by atoms with Crippen LogP contribution in [0.4, 0.5) is 17.3 Å². The molecule has 27 heavy (non-hydrogen) atoms. The van der Waals surface area contributed by atoms with E-state index in [0.717, 1.165) is 29.9 Å². The highest BCUT2D eigenvalue weighted by Gasteiger charge is 2.30. The molecule has 4 heterocycles. The maximum Gasteiger partial charge on any atom is 0.261 e. The van der Waals surface area contributed by atoms with Crippen molar-refractivity contribution in [2.24, 2.45) is 0 Å². The molecule has 0 saturated carbocycles. The van der Waals surface area contributed by atoms with Crippen molar-refractivity contribution in [3.63, 3.8) is 0 Å². The first kappa shape index (κ1) is 17.1. The minimum atomic E-state index is -0.0640.